The van der Waals surface area contributed by atoms with Gasteiger partial charge in [0, 0.05) is 25.3 Å². The molecule has 1 atom stereocenters. The van der Waals surface area contributed by atoms with Crippen LogP contribution >= 0.6 is 23.2 Å². The van der Waals surface area contributed by atoms with Crippen LogP contribution in [-0.4, -0.2) is 31.3 Å². The molecule has 1 saturated heterocycles. The van der Waals surface area contributed by atoms with Gasteiger partial charge in [0.25, 0.3) is 5.91 Å². The van der Waals surface area contributed by atoms with Gasteiger partial charge in [0.05, 0.1) is 10.0 Å². The van der Waals surface area contributed by atoms with Crippen LogP contribution in [0.1, 0.15) is 39.2 Å². The first-order valence-corrected chi connectivity index (χ1v) is 10.5. The van der Waals surface area contributed by atoms with E-state index in [2.05, 4.69) is 21.3 Å². The first-order chi connectivity index (χ1) is 13.8. The molecular formula is C21H29Cl2N5O. The molecule has 29 heavy (non-hydrogen) atoms. The lowest BCUT2D eigenvalue weighted by molar-refractivity contribution is -0.117. The summed E-state index contributed by atoms with van der Waals surface area (Å²) in [5, 5.41) is 21.4. The zero-order valence-electron chi connectivity index (χ0n) is 17.1. The topological polar surface area (TPSA) is 89.0 Å². The van der Waals surface area contributed by atoms with Crippen molar-refractivity contribution in [1.82, 2.24) is 21.3 Å². The minimum absolute atomic E-state index is 0.175. The standard InChI is InChI=1S/C21H29Cl2N5O/c1-4-13(2)20(26-11-15-5-6-17(22)18(23)9-15)28-21(29)19(14(3)10-24)27-16-7-8-25-12-16/h5-6,9-10,16,24-27H,4,7-8,11-12H2,1-3H3,(H,28,29)/b19-14-,20-13-,24-10?. The third-order valence-corrected chi connectivity index (χ3v) is 5.63. The number of hydrogen-bond acceptors (Lipinski definition) is 5. The van der Waals surface area contributed by atoms with Crippen molar-refractivity contribution >= 4 is 35.3 Å². The summed E-state index contributed by atoms with van der Waals surface area (Å²) in [5.74, 6) is 0.396. The Morgan fingerprint density at radius 1 is 1.31 bits per heavy atom. The maximum absolute atomic E-state index is 13.0. The first kappa shape index (κ1) is 23.3. The molecule has 0 saturated carbocycles. The van der Waals surface area contributed by atoms with Crippen LogP contribution in [0.4, 0.5) is 0 Å². The van der Waals surface area contributed by atoms with Crippen LogP contribution in [0.2, 0.25) is 10.0 Å². The highest BCUT2D eigenvalue weighted by Gasteiger charge is 2.21. The number of halogens is 2. The number of carbonyl (C=O) groups is 1. The van der Waals surface area contributed by atoms with Gasteiger partial charge >= 0.3 is 0 Å². The van der Waals surface area contributed by atoms with Crippen molar-refractivity contribution < 1.29 is 4.79 Å². The lowest BCUT2D eigenvalue weighted by atomic mass is 10.1. The van der Waals surface area contributed by atoms with Crippen molar-refractivity contribution in [2.24, 2.45) is 0 Å². The fraction of sp³-hybridized carbons (Fsp3) is 0.429. The third-order valence-electron chi connectivity index (χ3n) is 4.90. The van der Waals surface area contributed by atoms with Crippen LogP contribution in [0.5, 0.6) is 0 Å². The van der Waals surface area contributed by atoms with Crippen molar-refractivity contribution in [2.45, 2.75) is 46.2 Å². The number of amides is 1. The molecule has 5 N–H and O–H groups in total. The largest absolute Gasteiger partial charge is 0.376 e. The molecule has 1 aromatic rings. The second-order valence-corrected chi connectivity index (χ2v) is 7.92. The van der Waals surface area contributed by atoms with Crippen molar-refractivity contribution in [3.8, 4) is 0 Å². The number of rotatable bonds is 9. The van der Waals surface area contributed by atoms with Crippen LogP contribution < -0.4 is 21.3 Å². The van der Waals surface area contributed by atoms with Gasteiger partial charge in [0.1, 0.15) is 11.5 Å². The molecule has 0 spiro atoms. The fourth-order valence-electron chi connectivity index (χ4n) is 2.91. The molecule has 1 amide bonds. The van der Waals surface area contributed by atoms with E-state index in [9.17, 15) is 4.79 Å². The predicted octanol–water partition coefficient (Wildman–Crippen LogP) is 3.72. The van der Waals surface area contributed by atoms with Gasteiger partial charge in [-0.15, -0.1) is 0 Å². The summed E-state index contributed by atoms with van der Waals surface area (Å²) in [6.07, 6.45) is 2.92. The van der Waals surface area contributed by atoms with Gasteiger partial charge in [-0.25, -0.2) is 0 Å². The minimum atomic E-state index is -0.262. The Kier molecular flexibility index (Phi) is 9.01. The van der Waals surface area contributed by atoms with Crippen LogP contribution in [-0.2, 0) is 11.3 Å². The van der Waals surface area contributed by atoms with Crippen LogP contribution in [0, 0.1) is 5.41 Å². The van der Waals surface area contributed by atoms with E-state index in [0.717, 1.165) is 37.1 Å². The van der Waals surface area contributed by atoms with Gasteiger partial charge in [-0.3, -0.25) is 4.79 Å². The van der Waals surface area contributed by atoms with Crippen molar-refractivity contribution in [3.05, 3.63) is 56.5 Å². The fourth-order valence-corrected chi connectivity index (χ4v) is 3.23. The molecule has 1 aliphatic heterocycles. The van der Waals surface area contributed by atoms with Crippen LogP contribution in [0.25, 0.3) is 0 Å². The molecule has 0 aromatic heterocycles. The second-order valence-electron chi connectivity index (χ2n) is 7.10. The Labute approximate surface area is 182 Å². The van der Waals surface area contributed by atoms with Gasteiger partial charge < -0.3 is 26.7 Å². The molecule has 2 rings (SSSR count). The lowest BCUT2D eigenvalue weighted by Crippen LogP contribution is -2.41. The van der Waals surface area contributed by atoms with E-state index >= 15 is 0 Å². The van der Waals surface area contributed by atoms with E-state index in [1.165, 1.54) is 6.21 Å². The summed E-state index contributed by atoms with van der Waals surface area (Å²) in [6, 6.07) is 5.62. The molecule has 0 bridgehead atoms. The minimum Gasteiger partial charge on any atom is -0.376 e. The number of allylic oxidation sites excluding steroid dienone is 2. The average Bonchev–Trinajstić information content (AvgIpc) is 3.23. The molecule has 6 nitrogen and oxygen atoms in total. The molecule has 1 heterocycles. The van der Waals surface area contributed by atoms with E-state index < -0.39 is 0 Å². The summed E-state index contributed by atoms with van der Waals surface area (Å²) < 4.78 is 0. The zero-order valence-corrected chi connectivity index (χ0v) is 18.6. The van der Waals surface area contributed by atoms with E-state index in [1.54, 1.807) is 19.1 Å². The highest BCUT2D eigenvalue weighted by atomic mass is 35.5. The first-order valence-electron chi connectivity index (χ1n) is 9.73. The quantitative estimate of drug-likeness (QED) is 0.300. The monoisotopic (exact) mass is 437 g/mol. The molecule has 1 aromatic carbocycles. The molecule has 1 fully saturated rings. The summed E-state index contributed by atoms with van der Waals surface area (Å²) in [7, 11) is 0. The maximum Gasteiger partial charge on any atom is 0.273 e. The number of benzene rings is 1. The second kappa shape index (κ2) is 11.2. The van der Waals surface area contributed by atoms with Gasteiger partial charge in [0.2, 0.25) is 0 Å². The number of carbonyl (C=O) groups excluding carboxylic acids is 1. The van der Waals surface area contributed by atoms with Crippen LogP contribution in [0.3, 0.4) is 0 Å². The van der Waals surface area contributed by atoms with Gasteiger partial charge in [0.15, 0.2) is 0 Å². The Bertz CT molecular complexity index is 813. The SMILES string of the molecule is CC/C(C)=C(/NCc1ccc(Cl)c(Cl)c1)NC(=O)/C(NC1CCNC1)=C(\C)C=N. The molecule has 0 radical (unpaired) electrons. The molecule has 0 aliphatic carbocycles. The molecule has 1 aliphatic rings. The van der Waals surface area contributed by atoms with Gasteiger partial charge in [-0.1, -0.05) is 36.2 Å². The average molecular weight is 438 g/mol. The van der Waals surface area contributed by atoms with Gasteiger partial charge in [-0.2, -0.15) is 0 Å². The van der Waals surface area contributed by atoms with Crippen molar-refractivity contribution in [2.75, 3.05) is 13.1 Å². The smallest absolute Gasteiger partial charge is 0.273 e. The Morgan fingerprint density at radius 3 is 2.66 bits per heavy atom. The molecular weight excluding hydrogens is 409 g/mol. The maximum atomic E-state index is 13.0. The van der Waals surface area contributed by atoms with Crippen LogP contribution in [0.15, 0.2) is 40.9 Å². The van der Waals surface area contributed by atoms with E-state index in [1.807, 2.05) is 19.9 Å². The highest BCUT2D eigenvalue weighted by molar-refractivity contribution is 6.42. The zero-order chi connectivity index (χ0) is 21.4. The predicted molar refractivity (Wildman–Crippen MR) is 120 cm³/mol. The van der Waals surface area contributed by atoms with Crippen molar-refractivity contribution in [3.63, 3.8) is 0 Å². The van der Waals surface area contributed by atoms with Crippen molar-refractivity contribution in [1.29, 1.82) is 5.41 Å². The van der Waals surface area contributed by atoms with E-state index in [4.69, 9.17) is 28.6 Å². The van der Waals surface area contributed by atoms with Gasteiger partial charge in [-0.05, 0) is 62.1 Å². The number of nitrogens with one attached hydrogen (secondary N) is 5. The molecule has 1 unspecified atom stereocenters. The van der Waals surface area contributed by atoms with E-state index in [-0.39, 0.29) is 11.9 Å². The Hall–Kier alpha value is -2.02. The lowest BCUT2D eigenvalue weighted by Gasteiger charge is -2.20. The highest BCUT2D eigenvalue weighted by Crippen LogP contribution is 2.22. The number of hydrogen-bond donors (Lipinski definition) is 5. The Morgan fingerprint density at radius 2 is 2.07 bits per heavy atom. The molecule has 158 valence electrons. The summed E-state index contributed by atoms with van der Waals surface area (Å²) >= 11 is 12.1. The van der Waals surface area contributed by atoms with E-state index in [0.29, 0.717) is 33.7 Å². The summed E-state index contributed by atoms with van der Waals surface area (Å²) in [5.41, 5.74) is 2.99. The third kappa shape index (κ3) is 6.77. The summed E-state index contributed by atoms with van der Waals surface area (Å²) in [6.45, 7) is 7.97. The molecule has 8 heteroatoms. The summed E-state index contributed by atoms with van der Waals surface area (Å²) in [4.78, 5) is 13.0. The normalized spacial score (nSPS) is 17.9. The Balaban J connectivity index is 2.13.